The highest BCUT2D eigenvalue weighted by Crippen LogP contribution is 2.14. The number of carboxylic acids is 1. The molecule has 1 N–H and O–H groups in total. The third kappa shape index (κ3) is 3.35. The third-order valence-electron chi connectivity index (χ3n) is 1.56. The van der Waals surface area contributed by atoms with Crippen molar-refractivity contribution in [3.8, 4) is 5.75 Å². The number of carbonyl (C=O) groups is 2. The monoisotopic (exact) mass is 244 g/mol. The molecule has 0 heterocycles. The van der Waals surface area contributed by atoms with Gasteiger partial charge in [0.2, 0.25) is 0 Å². The van der Waals surface area contributed by atoms with Crippen molar-refractivity contribution in [1.29, 1.82) is 0 Å². The Labute approximate surface area is 91.6 Å². The zero-order chi connectivity index (χ0) is 12.3. The molecule has 16 heavy (non-hydrogen) atoms. The van der Waals surface area contributed by atoms with Gasteiger partial charge in [0.1, 0.15) is 5.75 Å². The predicted octanol–water partition coefficient (Wildman–Crippen LogP) is 0.292. The number of Topliss-reactive ketones (excluding diaryl/α,β-unsaturated/α-hetero) is 1. The van der Waals surface area contributed by atoms with Gasteiger partial charge in [0.25, 0.3) is 5.78 Å². The van der Waals surface area contributed by atoms with Gasteiger partial charge in [0.15, 0.2) is 0 Å². The van der Waals surface area contributed by atoms with Crippen LogP contribution in [0.1, 0.15) is 10.4 Å². The summed E-state index contributed by atoms with van der Waals surface area (Å²) in [4.78, 5) is 21.3. The third-order valence-corrected chi connectivity index (χ3v) is 2.05. The van der Waals surface area contributed by atoms with Crippen LogP contribution < -0.4 is 4.18 Å². The molecular formula is C9H8O6S. The maximum atomic E-state index is 11.0. The summed E-state index contributed by atoms with van der Waals surface area (Å²) in [6, 6.07) is 4.77. The van der Waals surface area contributed by atoms with Gasteiger partial charge < -0.3 is 9.29 Å². The first kappa shape index (κ1) is 12.2. The highest BCUT2D eigenvalue weighted by atomic mass is 32.2. The number of rotatable bonds is 4. The van der Waals surface area contributed by atoms with Crippen LogP contribution in [-0.2, 0) is 14.9 Å². The Morgan fingerprint density at radius 2 is 1.69 bits per heavy atom. The number of benzene rings is 1. The van der Waals surface area contributed by atoms with E-state index in [0.717, 1.165) is 6.26 Å². The molecule has 0 fully saturated rings. The van der Waals surface area contributed by atoms with E-state index in [2.05, 4.69) is 4.18 Å². The molecule has 0 spiro atoms. The van der Waals surface area contributed by atoms with Gasteiger partial charge in [0.05, 0.1) is 6.26 Å². The van der Waals surface area contributed by atoms with Crippen LogP contribution in [0.4, 0.5) is 0 Å². The molecule has 0 radical (unpaired) electrons. The molecule has 7 heteroatoms. The highest BCUT2D eigenvalue weighted by Gasteiger charge is 2.14. The summed E-state index contributed by atoms with van der Waals surface area (Å²) in [6.45, 7) is 0. The Morgan fingerprint density at radius 1 is 1.19 bits per heavy atom. The minimum Gasteiger partial charge on any atom is -0.475 e. The van der Waals surface area contributed by atoms with E-state index in [1.807, 2.05) is 0 Å². The Kier molecular flexibility index (Phi) is 3.28. The van der Waals surface area contributed by atoms with Crippen LogP contribution in [0.25, 0.3) is 0 Å². The Bertz CT molecular complexity index is 513. The Balaban J connectivity index is 2.92. The van der Waals surface area contributed by atoms with Gasteiger partial charge in [-0.3, -0.25) is 4.79 Å². The van der Waals surface area contributed by atoms with Gasteiger partial charge in [-0.25, -0.2) is 4.79 Å². The second-order valence-electron chi connectivity index (χ2n) is 2.95. The highest BCUT2D eigenvalue weighted by molar-refractivity contribution is 7.86. The summed E-state index contributed by atoms with van der Waals surface area (Å²) in [7, 11) is -3.63. The SMILES string of the molecule is CS(=O)(=O)Oc1ccc(C(=O)C(=O)O)cc1. The standard InChI is InChI=1S/C9H8O6S/c1-16(13,14)15-7-4-2-6(3-5-7)8(10)9(11)12/h2-5H,1H3,(H,11,12). The molecule has 0 aromatic heterocycles. The van der Waals surface area contributed by atoms with Crippen molar-refractivity contribution in [2.75, 3.05) is 6.26 Å². The number of ketones is 1. The molecule has 0 amide bonds. The van der Waals surface area contributed by atoms with Crippen molar-refractivity contribution >= 4 is 21.9 Å². The largest absolute Gasteiger partial charge is 0.475 e. The van der Waals surface area contributed by atoms with Gasteiger partial charge in [-0.1, -0.05) is 0 Å². The molecule has 86 valence electrons. The minimum atomic E-state index is -3.63. The lowest BCUT2D eigenvalue weighted by Crippen LogP contribution is -2.12. The molecule has 0 atom stereocenters. The minimum absolute atomic E-state index is 0.0180. The molecule has 0 bridgehead atoms. The summed E-state index contributed by atoms with van der Waals surface area (Å²) in [5, 5.41) is 8.41. The molecule has 0 aliphatic heterocycles. The van der Waals surface area contributed by atoms with E-state index < -0.39 is 21.9 Å². The van der Waals surface area contributed by atoms with E-state index in [1.54, 1.807) is 0 Å². The molecular weight excluding hydrogens is 236 g/mol. The van der Waals surface area contributed by atoms with Gasteiger partial charge in [-0.2, -0.15) is 8.42 Å². The van der Waals surface area contributed by atoms with E-state index in [9.17, 15) is 18.0 Å². The number of hydrogen-bond donors (Lipinski definition) is 1. The fourth-order valence-corrected chi connectivity index (χ4v) is 1.42. The molecule has 0 unspecified atom stereocenters. The summed E-state index contributed by atoms with van der Waals surface area (Å²) in [5.74, 6) is -2.62. The number of carbonyl (C=O) groups excluding carboxylic acids is 1. The Morgan fingerprint density at radius 3 is 2.06 bits per heavy atom. The normalized spacial score (nSPS) is 10.8. The predicted molar refractivity (Wildman–Crippen MR) is 53.9 cm³/mol. The van der Waals surface area contributed by atoms with Crippen LogP contribution in [0.3, 0.4) is 0 Å². The topological polar surface area (TPSA) is 97.7 Å². The van der Waals surface area contributed by atoms with Gasteiger partial charge in [-0.15, -0.1) is 0 Å². The summed E-state index contributed by atoms with van der Waals surface area (Å²) in [5.41, 5.74) is -0.0478. The molecule has 1 aromatic carbocycles. The van der Waals surface area contributed by atoms with E-state index in [0.29, 0.717) is 0 Å². The van der Waals surface area contributed by atoms with Crippen LogP contribution >= 0.6 is 0 Å². The van der Waals surface area contributed by atoms with Crippen molar-refractivity contribution in [2.45, 2.75) is 0 Å². The van der Waals surface area contributed by atoms with Crippen LogP contribution in [0.5, 0.6) is 5.75 Å². The van der Waals surface area contributed by atoms with Crippen molar-refractivity contribution < 1.29 is 27.3 Å². The van der Waals surface area contributed by atoms with E-state index in [4.69, 9.17) is 5.11 Å². The van der Waals surface area contributed by atoms with Crippen LogP contribution in [-0.4, -0.2) is 31.5 Å². The summed E-state index contributed by atoms with van der Waals surface area (Å²) >= 11 is 0. The summed E-state index contributed by atoms with van der Waals surface area (Å²) in [6.07, 6.45) is 0.878. The second-order valence-corrected chi connectivity index (χ2v) is 4.52. The van der Waals surface area contributed by atoms with Crippen molar-refractivity contribution in [1.82, 2.24) is 0 Å². The van der Waals surface area contributed by atoms with Gasteiger partial charge in [0, 0.05) is 5.56 Å². The first-order valence-electron chi connectivity index (χ1n) is 4.07. The lowest BCUT2D eigenvalue weighted by molar-refractivity contribution is -0.131. The van der Waals surface area contributed by atoms with Gasteiger partial charge in [-0.05, 0) is 24.3 Å². The quantitative estimate of drug-likeness (QED) is 0.464. The smallest absolute Gasteiger partial charge is 0.377 e. The number of hydrogen-bond acceptors (Lipinski definition) is 5. The molecule has 1 rings (SSSR count). The number of aliphatic carboxylic acids is 1. The lowest BCUT2D eigenvalue weighted by Gasteiger charge is -2.02. The van der Waals surface area contributed by atoms with E-state index in [-0.39, 0.29) is 11.3 Å². The van der Waals surface area contributed by atoms with Crippen LogP contribution in [0.2, 0.25) is 0 Å². The Hall–Kier alpha value is -1.89. The first-order chi connectivity index (χ1) is 7.29. The lowest BCUT2D eigenvalue weighted by atomic mass is 10.1. The maximum absolute atomic E-state index is 11.0. The fraction of sp³-hybridized carbons (Fsp3) is 0.111. The molecule has 0 aliphatic rings. The van der Waals surface area contributed by atoms with Crippen molar-refractivity contribution in [3.63, 3.8) is 0 Å². The maximum Gasteiger partial charge on any atom is 0.377 e. The molecule has 6 nitrogen and oxygen atoms in total. The molecule has 0 aliphatic carbocycles. The molecule has 0 saturated carbocycles. The van der Waals surface area contributed by atoms with E-state index >= 15 is 0 Å². The zero-order valence-electron chi connectivity index (χ0n) is 8.21. The van der Waals surface area contributed by atoms with Crippen molar-refractivity contribution in [3.05, 3.63) is 29.8 Å². The van der Waals surface area contributed by atoms with Crippen molar-refractivity contribution in [2.24, 2.45) is 0 Å². The number of carboxylic acid groups (broad SMARTS) is 1. The molecule has 1 aromatic rings. The van der Waals surface area contributed by atoms with Crippen LogP contribution in [0.15, 0.2) is 24.3 Å². The van der Waals surface area contributed by atoms with Crippen LogP contribution in [0, 0.1) is 0 Å². The fourth-order valence-electron chi connectivity index (χ4n) is 0.960. The summed E-state index contributed by atoms with van der Waals surface area (Å²) < 4.78 is 26.0. The molecule has 0 saturated heterocycles. The second kappa shape index (κ2) is 4.31. The average molecular weight is 244 g/mol. The zero-order valence-corrected chi connectivity index (χ0v) is 9.02. The first-order valence-corrected chi connectivity index (χ1v) is 5.88. The van der Waals surface area contributed by atoms with Gasteiger partial charge >= 0.3 is 16.1 Å². The van der Waals surface area contributed by atoms with E-state index in [1.165, 1.54) is 24.3 Å². The average Bonchev–Trinajstić information content (AvgIpc) is 2.15.